The fourth-order valence-electron chi connectivity index (χ4n) is 5.28. The smallest absolute Gasteiger partial charge is 0.258 e. The van der Waals surface area contributed by atoms with Gasteiger partial charge in [0.15, 0.2) is 17.6 Å². The summed E-state index contributed by atoms with van der Waals surface area (Å²) in [6.45, 7) is 2.23. The molecule has 5 aromatic rings. The van der Waals surface area contributed by atoms with Crippen molar-refractivity contribution in [2.24, 2.45) is 20.5 Å². The standard InChI is InChI=1S/C41H29Cl7N8O7/c1-19(57)36(55-53-29-7-3-5-24(34(29)47)38(59)51-31-15-21(43)9-12-26(31)45)40(61)49-23-11-14-28(33(17-23)63-18-42)50-41(62)37(20(2)58)56-54-30-8-4-6-25(35(30)48)39(60)52-32-16-22(44)10-13-27(32)46/h3-17,36-37H,18H2,1-2H3,(H,49,61)(H,50,62)(H,51,59)(H,52,60). The average molecular weight is 994 g/mol. The monoisotopic (exact) mass is 990 g/mol. The Morgan fingerprint density at radius 2 is 1.02 bits per heavy atom. The van der Waals surface area contributed by atoms with E-state index in [9.17, 15) is 28.8 Å². The highest BCUT2D eigenvalue weighted by Gasteiger charge is 2.27. The Bertz CT molecular complexity index is 2700. The zero-order valence-corrected chi connectivity index (χ0v) is 37.6. The Hall–Kier alpha value is -5.65. The molecule has 324 valence electrons. The number of hydrogen-bond donors (Lipinski definition) is 4. The van der Waals surface area contributed by atoms with E-state index in [0.717, 1.165) is 13.8 Å². The Balaban J connectivity index is 1.28. The van der Waals surface area contributed by atoms with Gasteiger partial charge in [-0.05, 0) is 86.6 Å². The van der Waals surface area contributed by atoms with Gasteiger partial charge >= 0.3 is 0 Å². The van der Waals surface area contributed by atoms with E-state index in [2.05, 4.69) is 41.7 Å². The van der Waals surface area contributed by atoms with Gasteiger partial charge in [0, 0.05) is 21.8 Å². The molecule has 5 rings (SSSR count). The number of nitrogens with one attached hydrogen (secondary N) is 4. The molecule has 0 fully saturated rings. The van der Waals surface area contributed by atoms with E-state index in [1.807, 2.05) is 0 Å². The minimum atomic E-state index is -1.70. The number of amides is 4. The topological polar surface area (TPSA) is 209 Å². The maximum absolute atomic E-state index is 13.4. The summed E-state index contributed by atoms with van der Waals surface area (Å²) >= 11 is 43.2. The maximum atomic E-state index is 13.4. The van der Waals surface area contributed by atoms with Gasteiger partial charge in [-0.1, -0.05) is 93.3 Å². The molecule has 0 aliphatic carbocycles. The highest BCUT2D eigenvalue weighted by atomic mass is 35.5. The number of carbonyl (C=O) groups is 6. The Kier molecular flexibility index (Phi) is 17.0. The minimum absolute atomic E-state index is 0.00970. The number of Topliss-reactive ketones (excluding diaryl/α,β-unsaturated/α-hetero) is 2. The van der Waals surface area contributed by atoms with Crippen LogP contribution in [0.25, 0.3) is 0 Å². The zero-order chi connectivity index (χ0) is 46.0. The number of azo groups is 2. The Labute approximate surface area is 393 Å². The fraction of sp³-hybridized carbons (Fsp3) is 0.122. The highest BCUT2D eigenvalue weighted by molar-refractivity contribution is 6.39. The van der Waals surface area contributed by atoms with Crippen LogP contribution in [0, 0.1) is 0 Å². The molecule has 0 aromatic heterocycles. The normalized spacial score (nSPS) is 12.1. The van der Waals surface area contributed by atoms with E-state index in [1.165, 1.54) is 78.9 Å². The molecule has 0 heterocycles. The molecule has 22 heteroatoms. The van der Waals surface area contributed by atoms with Crippen molar-refractivity contribution in [3.63, 3.8) is 0 Å². The van der Waals surface area contributed by atoms with Crippen molar-refractivity contribution < 1.29 is 33.5 Å². The lowest BCUT2D eigenvalue weighted by atomic mass is 10.1. The molecule has 4 amide bonds. The van der Waals surface area contributed by atoms with Crippen molar-refractivity contribution >= 4 is 151 Å². The number of alkyl halides is 1. The molecular weight excluding hydrogens is 965 g/mol. The van der Waals surface area contributed by atoms with Crippen molar-refractivity contribution in [3.05, 3.63) is 132 Å². The number of hydrogen-bond acceptors (Lipinski definition) is 11. The van der Waals surface area contributed by atoms with Crippen LogP contribution in [0.1, 0.15) is 34.6 Å². The van der Waals surface area contributed by atoms with Crippen LogP contribution in [0.4, 0.5) is 34.1 Å². The number of halogens is 7. The summed E-state index contributed by atoms with van der Waals surface area (Å²) in [6, 6.07) is 17.8. The molecule has 5 aromatic carbocycles. The number of ketones is 2. The molecule has 4 N–H and O–H groups in total. The van der Waals surface area contributed by atoms with Crippen LogP contribution >= 0.6 is 81.2 Å². The van der Waals surface area contributed by atoms with Gasteiger partial charge in [-0.3, -0.25) is 28.8 Å². The minimum Gasteiger partial charge on any atom is -0.476 e. The lowest BCUT2D eigenvalue weighted by Gasteiger charge is -2.15. The third kappa shape index (κ3) is 12.7. The summed E-state index contributed by atoms with van der Waals surface area (Å²) in [4.78, 5) is 78.0. The van der Waals surface area contributed by atoms with E-state index >= 15 is 0 Å². The average Bonchev–Trinajstić information content (AvgIpc) is 3.22. The molecule has 2 atom stereocenters. The van der Waals surface area contributed by atoms with Crippen molar-refractivity contribution in [2.45, 2.75) is 25.9 Å². The molecule has 0 saturated carbocycles. The van der Waals surface area contributed by atoms with Gasteiger partial charge in [0.1, 0.15) is 17.1 Å². The lowest BCUT2D eigenvalue weighted by Crippen LogP contribution is -2.32. The number of anilines is 4. The van der Waals surface area contributed by atoms with Gasteiger partial charge < -0.3 is 26.0 Å². The van der Waals surface area contributed by atoms with Gasteiger partial charge in [0.2, 0.25) is 12.1 Å². The number of rotatable bonds is 16. The van der Waals surface area contributed by atoms with Gasteiger partial charge in [0.05, 0.1) is 48.3 Å². The SMILES string of the molecule is CC(=O)C(N=Nc1cccc(C(=O)Nc2cc(Cl)ccc2Cl)c1Cl)C(=O)Nc1ccc(NC(=O)C(N=Nc2cccc(C(=O)Nc3cc(Cl)ccc3Cl)c2Cl)C(C)=O)c(OCCl)c1. The predicted octanol–water partition coefficient (Wildman–Crippen LogP) is 12.0. The van der Waals surface area contributed by atoms with E-state index in [4.69, 9.17) is 85.9 Å². The maximum Gasteiger partial charge on any atom is 0.258 e. The summed E-state index contributed by atoms with van der Waals surface area (Å²) in [5.74, 6) is -4.59. The summed E-state index contributed by atoms with van der Waals surface area (Å²) in [6.07, 6.45) is 0. The molecule has 0 spiro atoms. The largest absolute Gasteiger partial charge is 0.476 e. The fourth-order valence-corrected chi connectivity index (χ4v) is 6.57. The van der Waals surface area contributed by atoms with Crippen LogP contribution < -0.4 is 26.0 Å². The van der Waals surface area contributed by atoms with Crippen LogP contribution in [0.15, 0.2) is 111 Å². The summed E-state index contributed by atoms with van der Waals surface area (Å²) in [5, 5.41) is 26.9. The van der Waals surface area contributed by atoms with Crippen molar-refractivity contribution in [3.8, 4) is 5.75 Å². The van der Waals surface area contributed by atoms with Crippen LogP contribution in [0.5, 0.6) is 5.75 Å². The second kappa shape index (κ2) is 22.1. The van der Waals surface area contributed by atoms with Crippen LogP contribution in [-0.4, -0.2) is 53.3 Å². The quantitative estimate of drug-likeness (QED) is 0.0426. The lowest BCUT2D eigenvalue weighted by molar-refractivity contribution is -0.127. The van der Waals surface area contributed by atoms with E-state index < -0.39 is 53.3 Å². The van der Waals surface area contributed by atoms with Gasteiger partial charge in [-0.2, -0.15) is 20.5 Å². The van der Waals surface area contributed by atoms with E-state index in [0.29, 0.717) is 10.0 Å². The van der Waals surface area contributed by atoms with Crippen molar-refractivity contribution in [2.75, 3.05) is 27.3 Å². The van der Waals surface area contributed by atoms with Gasteiger partial charge in [-0.15, -0.1) is 0 Å². The molecule has 15 nitrogen and oxygen atoms in total. The molecule has 63 heavy (non-hydrogen) atoms. The number of ether oxygens (including phenoxy) is 1. The molecule has 2 unspecified atom stereocenters. The predicted molar refractivity (Wildman–Crippen MR) is 245 cm³/mol. The first-order chi connectivity index (χ1) is 30.0. The van der Waals surface area contributed by atoms with E-state index in [-0.39, 0.29) is 71.1 Å². The molecule has 0 bridgehead atoms. The molecule has 0 aliphatic rings. The summed E-state index contributed by atoms with van der Waals surface area (Å²) in [7, 11) is 0. The first kappa shape index (κ1) is 48.4. The van der Waals surface area contributed by atoms with Gasteiger partial charge in [0.25, 0.3) is 23.6 Å². The molecular formula is C41H29Cl7N8O7. The van der Waals surface area contributed by atoms with Crippen LogP contribution in [-0.2, 0) is 19.2 Å². The highest BCUT2D eigenvalue weighted by Crippen LogP contribution is 2.34. The Morgan fingerprint density at radius 1 is 0.556 bits per heavy atom. The Morgan fingerprint density at radius 3 is 1.46 bits per heavy atom. The number of carbonyl (C=O) groups excluding carboxylic acids is 6. The number of benzene rings is 5. The second-order valence-corrected chi connectivity index (χ2v) is 15.5. The first-order valence-electron chi connectivity index (χ1n) is 17.8. The molecule has 0 aliphatic heterocycles. The van der Waals surface area contributed by atoms with Crippen LogP contribution in [0.3, 0.4) is 0 Å². The third-order valence-electron chi connectivity index (χ3n) is 8.34. The molecule has 0 saturated heterocycles. The zero-order valence-electron chi connectivity index (χ0n) is 32.3. The van der Waals surface area contributed by atoms with Crippen LogP contribution in [0.2, 0.25) is 30.1 Å². The van der Waals surface area contributed by atoms with Crippen molar-refractivity contribution in [1.29, 1.82) is 0 Å². The second-order valence-electron chi connectivity index (χ2n) is 12.8. The van der Waals surface area contributed by atoms with Crippen molar-refractivity contribution in [1.82, 2.24) is 0 Å². The summed E-state index contributed by atoms with van der Waals surface area (Å²) < 4.78 is 5.46. The van der Waals surface area contributed by atoms with Gasteiger partial charge in [-0.25, -0.2) is 0 Å². The number of nitrogens with zero attached hydrogens (tertiary/aromatic N) is 4. The molecule has 0 radical (unpaired) electrons. The third-order valence-corrected chi connectivity index (χ3v) is 10.4. The first-order valence-corrected chi connectivity index (χ1v) is 20.6. The summed E-state index contributed by atoms with van der Waals surface area (Å²) in [5.41, 5.74) is 0.471. The van der Waals surface area contributed by atoms with E-state index in [1.54, 1.807) is 12.1 Å².